The van der Waals surface area contributed by atoms with Crippen molar-refractivity contribution in [2.24, 2.45) is 0 Å². The molecule has 0 aromatic carbocycles. The van der Waals surface area contributed by atoms with Crippen LogP contribution in [0.1, 0.15) is 44.0 Å². The minimum atomic E-state index is -4.80. The molecule has 0 unspecified atom stereocenters. The molecule has 10 nitrogen and oxygen atoms in total. The van der Waals surface area contributed by atoms with E-state index in [9.17, 15) is 22.4 Å². The Hall–Kier alpha value is -3.13. The molecule has 3 heterocycles. The summed E-state index contributed by atoms with van der Waals surface area (Å²) in [5.74, 6) is -0.109. The number of rotatable bonds is 7. The van der Waals surface area contributed by atoms with E-state index < -0.39 is 37.3 Å². The Kier molecular flexibility index (Phi) is 7.03. The molecule has 1 fully saturated rings. The van der Waals surface area contributed by atoms with Crippen LogP contribution in [-0.4, -0.2) is 55.3 Å². The zero-order valence-electron chi connectivity index (χ0n) is 18.6. The van der Waals surface area contributed by atoms with E-state index in [0.29, 0.717) is 18.5 Å². The van der Waals surface area contributed by atoms with Gasteiger partial charge in [0, 0.05) is 29.9 Å². The maximum Gasteiger partial charge on any atom is 0.522 e. The van der Waals surface area contributed by atoms with E-state index in [1.165, 1.54) is 16.8 Å². The Morgan fingerprint density at radius 3 is 2.86 bits per heavy atom. The number of halogens is 5. The second kappa shape index (κ2) is 9.85. The maximum absolute atomic E-state index is 15.0. The van der Waals surface area contributed by atoms with E-state index in [0.717, 1.165) is 0 Å². The third-order valence-corrected chi connectivity index (χ3v) is 5.55. The van der Waals surface area contributed by atoms with Crippen molar-refractivity contribution in [1.82, 2.24) is 29.9 Å². The summed E-state index contributed by atoms with van der Waals surface area (Å²) in [6.07, 6.45) is -4.39. The molecule has 3 aromatic heterocycles. The third kappa shape index (κ3) is 5.93. The minimum Gasteiger partial charge on any atom is -0.443 e. The maximum atomic E-state index is 15.0. The molecule has 1 aliphatic carbocycles. The van der Waals surface area contributed by atoms with Gasteiger partial charge in [-0.3, -0.25) is 14.2 Å². The number of carbonyl (C=O) groups is 1. The highest BCUT2D eigenvalue weighted by Crippen LogP contribution is 2.38. The zero-order valence-corrected chi connectivity index (χ0v) is 19.3. The van der Waals surface area contributed by atoms with Gasteiger partial charge in [0.05, 0.1) is 18.5 Å². The number of alkyl carbamates (subject to hydrolysis) is 1. The molecule has 35 heavy (non-hydrogen) atoms. The number of fused-ring (bicyclic) bond motifs is 1. The van der Waals surface area contributed by atoms with E-state index in [-0.39, 0.29) is 34.2 Å². The van der Waals surface area contributed by atoms with Gasteiger partial charge >= 0.3 is 12.5 Å². The quantitative estimate of drug-likeness (QED) is 0.390. The van der Waals surface area contributed by atoms with Crippen molar-refractivity contribution in [3.63, 3.8) is 0 Å². The molecule has 0 bridgehead atoms. The Morgan fingerprint density at radius 1 is 1.37 bits per heavy atom. The summed E-state index contributed by atoms with van der Waals surface area (Å²) >= 11 is 6.08. The van der Waals surface area contributed by atoms with Crippen molar-refractivity contribution in [2.45, 2.75) is 63.9 Å². The molecule has 0 spiro atoms. The average molecular weight is 520 g/mol. The third-order valence-electron chi connectivity index (χ3n) is 5.29. The fourth-order valence-electron chi connectivity index (χ4n) is 3.80. The summed E-state index contributed by atoms with van der Waals surface area (Å²) < 4.78 is 62.4. The summed E-state index contributed by atoms with van der Waals surface area (Å²) in [5.41, 5.74) is 0.646. The van der Waals surface area contributed by atoms with Gasteiger partial charge in [0.25, 0.3) is 0 Å². The highest BCUT2D eigenvalue weighted by Gasteiger charge is 2.41. The van der Waals surface area contributed by atoms with Gasteiger partial charge in [0.15, 0.2) is 11.5 Å². The van der Waals surface area contributed by atoms with Gasteiger partial charge in [-0.15, -0.1) is 13.2 Å². The average Bonchev–Trinajstić information content (AvgIpc) is 3.47. The van der Waals surface area contributed by atoms with Crippen LogP contribution in [0.15, 0.2) is 18.5 Å². The lowest BCUT2D eigenvalue weighted by Gasteiger charge is -2.18. The summed E-state index contributed by atoms with van der Waals surface area (Å²) in [6.45, 7) is 2.75. The van der Waals surface area contributed by atoms with E-state index in [2.05, 4.69) is 35.5 Å². The number of alkyl halides is 4. The Bertz CT molecular complexity index is 1200. The van der Waals surface area contributed by atoms with Crippen LogP contribution >= 0.6 is 11.6 Å². The van der Waals surface area contributed by atoms with Crippen LogP contribution in [-0.2, 0) is 16.1 Å². The molecular formula is C20H22ClF4N7O3. The lowest BCUT2D eigenvalue weighted by atomic mass is 10.0. The van der Waals surface area contributed by atoms with Crippen molar-refractivity contribution in [2.75, 3.05) is 5.32 Å². The summed E-state index contributed by atoms with van der Waals surface area (Å²) in [4.78, 5) is 20.0. The standard InChI is InChI=1S/C20H22ClF4N7O3/c1-9(2)27-19(33)35-14-4-3-11(16(14)22)13-5-15(31-30-13)29-18-26-6-12(21)17-28-10(7-32(17)18)8-34-20(23,24)25/h5-7,9,11,14,16H,3-4,8H2,1-2H3,(H,27,33)(H2,26,29,30,31)/t11-,14-,16-/m1/s1. The first kappa shape index (κ1) is 25.0. The fraction of sp³-hybridized carbons (Fsp3) is 0.500. The van der Waals surface area contributed by atoms with Gasteiger partial charge in [-0.25, -0.2) is 19.2 Å². The molecule has 0 aliphatic heterocycles. The summed E-state index contributed by atoms with van der Waals surface area (Å²) in [6, 6.07) is 1.45. The number of H-pyrrole nitrogens is 1. The van der Waals surface area contributed by atoms with E-state index >= 15 is 0 Å². The van der Waals surface area contributed by atoms with Crippen molar-refractivity contribution in [3.8, 4) is 0 Å². The predicted octanol–water partition coefficient (Wildman–Crippen LogP) is 4.60. The molecule has 190 valence electrons. The van der Waals surface area contributed by atoms with Gasteiger partial charge < -0.3 is 15.4 Å². The molecule has 3 atom stereocenters. The van der Waals surface area contributed by atoms with Crippen LogP contribution in [0.25, 0.3) is 5.65 Å². The van der Waals surface area contributed by atoms with Crippen LogP contribution in [0.4, 0.5) is 34.1 Å². The van der Waals surface area contributed by atoms with E-state index in [1.807, 2.05) is 0 Å². The van der Waals surface area contributed by atoms with Crippen LogP contribution < -0.4 is 10.6 Å². The van der Waals surface area contributed by atoms with Gasteiger partial charge in [-0.05, 0) is 26.7 Å². The van der Waals surface area contributed by atoms with Crippen LogP contribution in [0.2, 0.25) is 5.02 Å². The number of aromatic amines is 1. The molecule has 4 rings (SSSR count). The molecule has 3 N–H and O–H groups in total. The monoisotopic (exact) mass is 519 g/mol. The molecule has 1 aliphatic rings. The van der Waals surface area contributed by atoms with E-state index in [1.54, 1.807) is 19.9 Å². The first-order valence-corrected chi connectivity index (χ1v) is 11.0. The van der Waals surface area contributed by atoms with Crippen molar-refractivity contribution >= 4 is 35.1 Å². The molecule has 1 saturated carbocycles. The number of nitrogens with zero attached hydrogens (tertiary/aromatic N) is 4. The van der Waals surface area contributed by atoms with Crippen LogP contribution in [0.3, 0.4) is 0 Å². The highest BCUT2D eigenvalue weighted by atomic mass is 35.5. The molecule has 3 aromatic rings. The zero-order chi connectivity index (χ0) is 25.3. The van der Waals surface area contributed by atoms with Gasteiger partial charge in [0.1, 0.15) is 17.3 Å². The number of imidazole rings is 1. The first-order valence-electron chi connectivity index (χ1n) is 10.7. The van der Waals surface area contributed by atoms with Crippen LogP contribution in [0.5, 0.6) is 0 Å². The van der Waals surface area contributed by atoms with E-state index in [4.69, 9.17) is 16.3 Å². The summed E-state index contributed by atoms with van der Waals surface area (Å²) in [5, 5.41) is 12.5. The SMILES string of the molecule is CC(C)NC(=O)O[C@@H]1CC[C@H](c2cc(Nc3ncc(Cl)c4nc(COC(F)(F)F)cn34)n[nH]2)[C@H]1F. The number of ether oxygens (including phenoxy) is 2. The first-order chi connectivity index (χ1) is 16.5. The van der Waals surface area contributed by atoms with Crippen LogP contribution in [0, 0.1) is 0 Å². The Morgan fingerprint density at radius 2 is 2.14 bits per heavy atom. The highest BCUT2D eigenvalue weighted by molar-refractivity contribution is 6.33. The number of hydrogen-bond donors (Lipinski definition) is 3. The Balaban J connectivity index is 1.46. The molecule has 1 amide bonds. The second-order valence-electron chi connectivity index (χ2n) is 8.29. The van der Waals surface area contributed by atoms with Crippen molar-refractivity contribution in [1.29, 1.82) is 0 Å². The van der Waals surface area contributed by atoms with Gasteiger partial charge in [0.2, 0.25) is 5.95 Å². The second-order valence-corrected chi connectivity index (χ2v) is 8.70. The Labute approximate surface area is 201 Å². The number of carbonyl (C=O) groups excluding carboxylic acids is 1. The number of hydrogen-bond acceptors (Lipinski definition) is 7. The van der Waals surface area contributed by atoms with Crippen molar-refractivity contribution in [3.05, 3.63) is 34.9 Å². The molecule has 15 heteroatoms. The summed E-state index contributed by atoms with van der Waals surface area (Å²) in [7, 11) is 0. The number of anilines is 2. The topological polar surface area (TPSA) is 118 Å². The molecule has 0 radical (unpaired) electrons. The largest absolute Gasteiger partial charge is 0.522 e. The minimum absolute atomic E-state index is 0.0123. The number of aromatic nitrogens is 5. The fourth-order valence-corrected chi connectivity index (χ4v) is 3.98. The molecule has 0 saturated heterocycles. The number of amides is 1. The van der Waals surface area contributed by atoms with Crippen molar-refractivity contribution < 1.29 is 31.8 Å². The normalized spacial score (nSPS) is 20.5. The lowest BCUT2D eigenvalue weighted by Crippen LogP contribution is -2.36. The smallest absolute Gasteiger partial charge is 0.443 e. The van der Waals surface area contributed by atoms with Gasteiger partial charge in [-0.2, -0.15) is 5.10 Å². The predicted molar refractivity (Wildman–Crippen MR) is 116 cm³/mol. The lowest BCUT2D eigenvalue weighted by molar-refractivity contribution is -0.330. The number of nitrogens with one attached hydrogen (secondary N) is 3. The molecular weight excluding hydrogens is 498 g/mol. The van der Waals surface area contributed by atoms with Gasteiger partial charge in [-0.1, -0.05) is 11.6 Å².